The van der Waals surface area contributed by atoms with Crippen molar-refractivity contribution in [3.8, 4) is 0 Å². The molecule has 0 spiro atoms. The number of carboxylic acids is 1. The summed E-state index contributed by atoms with van der Waals surface area (Å²) in [7, 11) is 0. The van der Waals surface area contributed by atoms with Crippen LogP contribution in [0.2, 0.25) is 0 Å². The van der Waals surface area contributed by atoms with Crippen LogP contribution in [0, 0.1) is 10.8 Å². The first kappa shape index (κ1) is 24.3. The highest BCUT2D eigenvalue weighted by atomic mass is 16.7. The molecule has 2 fully saturated rings. The molecule has 0 aromatic carbocycles. The van der Waals surface area contributed by atoms with Crippen molar-refractivity contribution in [2.24, 2.45) is 10.8 Å². The molecule has 28 heavy (non-hydrogen) atoms. The van der Waals surface area contributed by atoms with E-state index in [-0.39, 0.29) is 16.4 Å². The monoisotopic (exact) mass is 400 g/mol. The molecule has 2 heterocycles. The molecule has 0 aliphatic carbocycles. The molecule has 8 heteroatoms. The number of carbonyl (C=O) groups is 2. The van der Waals surface area contributed by atoms with Crippen molar-refractivity contribution in [2.75, 3.05) is 46.6 Å². The molecular formula is C20H32O8. The molecule has 2 aliphatic heterocycles. The SMILES string of the molecule is C=C(CC1(CC)COCOC1)C(=O)O.C=CC(=O)OCC1(CC)COCOC1. The zero-order valence-electron chi connectivity index (χ0n) is 16.9. The number of hydrogen-bond acceptors (Lipinski definition) is 7. The summed E-state index contributed by atoms with van der Waals surface area (Å²) in [6.07, 6.45) is 3.28. The van der Waals surface area contributed by atoms with Gasteiger partial charge in [0.05, 0.1) is 31.8 Å². The molecule has 0 atom stereocenters. The Balaban J connectivity index is 0.000000280. The predicted molar refractivity (Wildman–Crippen MR) is 102 cm³/mol. The lowest BCUT2D eigenvalue weighted by atomic mass is 9.80. The summed E-state index contributed by atoms with van der Waals surface area (Å²) < 4.78 is 25.8. The summed E-state index contributed by atoms with van der Waals surface area (Å²) in [5.41, 5.74) is -0.161. The van der Waals surface area contributed by atoms with Crippen molar-refractivity contribution in [1.82, 2.24) is 0 Å². The van der Waals surface area contributed by atoms with E-state index in [9.17, 15) is 9.59 Å². The summed E-state index contributed by atoms with van der Waals surface area (Å²) in [6.45, 7) is 14.1. The lowest BCUT2D eigenvalue weighted by Gasteiger charge is -2.35. The Bertz CT molecular complexity index is 528. The Morgan fingerprint density at radius 3 is 1.86 bits per heavy atom. The van der Waals surface area contributed by atoms with Gasteiger partial charge < -0.3 is 28.8 Å². The molecule has 1 N–H and O–H groups in total. The minimum atomic E-state index is -0.941. The fraction of sp³-hybridized carbons (Fsp3) is 0.700. The van der Waals surface area contributed by atoms with Crippen molar-refractivity contribution in [1.29, 1.82) is 0 Å². The van der Waals surface area contributed by atoms with E-state index in [2.05, 4.69) is 13.2 Å². The minimum absolute atomic E-state index is 0.184. The van der Waals surface area contributed by atoms with Crippen molar-refractivity contribution in [3.63, 3.8) is 0 Å². The first-order chi connectivity index (χ1) is 13.3. The van der Waals surface area contributed by atoms with Crippen molar-refractivity contribution < 1.29 is 38.4 Å². The maximum Gasteiger partial charge on any atom is 0.330 e. The Labute approximate surface area is 166 Å². The highest BCUT2D eigenvalue weighted by Crippen LogP contribution is 2.33. The molecule has 0 aromatic rings. The van der Waals surface area contributed by atoms with Crippen LogP contribution in [0.25, 0.3) is 0 Å². The van der Waals surface area contributed by atoms with E-state index < -0.39 is 11.9 Å². The predicted octanol–water partition coefficient (Wildman–Crippen LogP) is 2.53. The van der Waals surface area contributed by atoms with Gasteiger partial charge in [0, 0.05) is 17.1 Å². The van der Waals surface area contributed by atoms with Crippen LogP contribution < -0.4 is 0 Å². The van der Waals surface area contributed by atoms with E-state index >= 15 is 0 Å². The zero-order valence-corrected chi connectivity index (χ0v) is 16.9. The number of carbonyl (C=O) groups excluding carboxylic acids is 1. The molecule has 0 aromatic heterocycles. The van der Waals surface area contributed by atoms with Crippen molar-refractivity contribution >= 4 is 11.9 Å². The van der Waals surface area contributed by atoms with Crippen molar-refractivity contribution in [2.45, 2.75) is 33.1 Å². The Morgan fingerprint density at radius 1 is 1.00 bits per heavy atom. The second-order valence-electron chi connectivity index (χ2n) is 7.23. The summed E-state index contributed by atoms with van der Waals surface area (Å²) in [6, 6.07) is 0. The maximum atomic E-state index is 10.9. The molecule has 0 radical (unpaired) electrons. The highest BCUT2D eigenvalue weighted by Gasteiger charge is 2.34. The Morgan fingerprint density at radius 2 is 1.46 bits per heavy atom. The van der Waals surface area contributed by atoms with Crippen LogP contribution in [0.15, 0.2) is 24.8 Å². The summed E-state index contributed by atoms with van der Waals surface area (Å²) >= 11 is 0. The summed E-state index contributed by atoms with van der Waals surface area (Å²) in [5.74, 6) is -1.34. The second-order valence-corrected chi connectivity index (χ2v) is 7.23. The van der Waals surface area contributed by atoms with Gasteiger partial charge >= 0.3 is 11.9 Å². The van der Waals surface area contributed by atoms with Crippen LogP contribution in [0.4, 0.5) is 0 Å². The quantitative estimate of drug-likeness (QED) is 0.490. The number of carboxylic acid groups (broad SMARTS) is 1. The normalized spacial score (nSPS) is 20.2. The molecule has 2 aliphatic rings. The molecule has 0 bridgehead atoms. The van der Waals surface area contributed by atoms with Crippen LogP contribution in [0.3, 0.4) is 0 Å². The average Bonchev–Trinajstić information content (AvgIpc) is 2.73. The average molecular weight is 400 g/mol. The summed E-state index contributed by atoms with van der Waals surface area (Å²) in [5, 5.41) is 8.74. The number of hydrogen-bond donors (Lipinski definition) is 1. The van der Waals surface area contributed by atoms with Crippen LogP contribution in [-0.4, -0.2) is 63.7 Å². The van der Waals surface area contributed by atoms with Gasteiger partial charge in [-0.15, -0.1) is 0 Å². The maximum absolute atomic E-state index is 10.9. The van der Waals surface area contributed by atoms with Gasteiger partial charge in [-0.3, -0.25) is 0 Å². The number of rotatable bonds is 8. The van der Waals surface area contributed by atoms with Gasteiger partial charge in [-0.2, -0.15) is 0 Å². The number of aliphatic carboxylic acids is 1. The largest absolute Gasteiger partial charge is 0.478 e. The first-order valence-corrected chi connectivity index (χ1v) is 9.33. The molecule has 0 saturated carbocycles. The third-order valence-corrected chi connectivity index (χ3v) is 5.04. The van der Waals surface area contributed by atoms with Crippen LogP contribution in [0.5, 0.6) is 0 Å². The third-order valence-electron chi connectivity index (χ3n) is 5.04. The molecule has 2 saturated heterocycles. The summed E-state index contributed by atoms with van der Waals surface area (Å²) in [4.78, 5) is 21.5. The van der Waals surface area contributed by atoms with Gasteiger partial charge in [0.25, 0.3) is 0 Å². The van der Waals surface area contributed by atoms with Crippen molar-refractivity contribution in [3.05, 3.63) is 24.8 Å². The van der Waals surface area contributed by atoms with Crippen LogP contribution in [-0.2, 0) is 33.3 Å². The van der Waals surface area contributed by atoms with E-state index in [1.807, 2.05) is 13.8 Å². The molecular weight excluding hydrogens is 368 g/mol. The lowest BCUT2D eigenvalue weighted by molar-refractivity contribution is -0.185. The number of esters is 1. The van der Waals surface area contributed by atoms with Crippen LogP contribution >= 0.6 is 0 Å². The van der Waals surface area contributed by atoms with Crippen LogP contribution in [0.1, 0.15) is 33.1 Å². The molecule has 2 rings (SSSR count). The fourth-order valence-electron chi connectivity index (χ4n) is 2.87. The Kier molecular flexibility index (Phi) is 10.4. The zero-order chi connectivity index (χ0) is 21.0. The highest BCUT2D eigenvalue weighted by molar-refractivity contribution is 5.85. The standard InChI is InChI=1S/2C10H16O4/c1-3-10(4-8(2)9(11)12)5-13-7-14-6-10;1-3-9(11)14-7-10(4-2)5-12-8-13-6-10/h2-7H2,1H3,(H,11,12);3H,1,4-8H2,2H3. The minimum Gasteiger partial charge on any atom is -0.478 e. The van der Waals surface area contributed by atoms with Gasteiger partial charge in [0.2, 0.25) is 0 Å². The third kappa shape index (κ3) is 7.71. The second kappa shape index (κ2) is 12.0. The molecule has 0 amide bonds. The molecule has 160 valence electrons. The Hall–Kier alpha value is -1.74. The van der Waals surface area contributed by atoms with Gasteiger partial charge in [-0.25, -0.2) is 9.59 Å². The molecule has 8 nitrogen and oxygen atoms in total. The van der Waals surface area contributed by atoms with Gasteiger partial charge in [0.15, 0.2) is 0 Å². The van der Waals surface area contributed by atoms with E-state index in [0.29, 0.717) is 53.0 Å². The van der Waals surface area contributed by atoms with E-state index in [1.165, 1.54) is 0 Å². The smallest absolute Gasteiger partial charge is 0.330 e. The first-order valence-electron chi connectivity index (χ1n) is 9.33. The van der Waals surface area contributed by atoms with Gasteiger partial charge in [-0.05, 0) is 19.3 Å². The fourth-order valence-corrected chi connectivity index (χ4v) is 2.87. The van der Waals surface area contributed by atoms with Gasteiger partial charge in [-0.1, -0.05) is 27.0 Å². The van der Waals surface area contributed by atoms with E-state index in [4.69, 9.17) is 28.8 Å². The van der Waals surface area contributed by atoms with E-state index in [0.717, 1.165) is 18.9 Å². The lowest BCUT2D eigenvalue weighted by Crippen LogP contribution is -2.41. The topological polar surface area (TPSA) is 101 Å². The number of ether oxygens (including phenoxy) is 5. The van der Waals surface area contributed by atoms with Gasteiger partial charge in [0.1, 0.15) is 20.2 Å². The van der Waals surface area contributed by atoms with E-state index in [1.54, 1.807) is 0 Å². The molecule has 0 unspecified atom stereocenters.